The Morgan fingerprint density at radius 3 is 2.96 bits per heavy atom. The molecule has 0 unspecified atom stereocenters. The Bertz CT molecular complexity index is 520. The number of aryl methyl sites for hydroxylation is 1. The topological polar surface area (TPSA) is 85.7 Å². The number of ether oxygens (including phenoxy) is 2. The Kier molecular flexibility index (Phi) is 6.12. The van der Waals surface area contributed by atoms with Crippen molar-refractivity contribution in [3.8, 4) is 0 Å². The molecule has 1 aliphatic heterocycles. The summed E-state index contributed by atoms with van der Waals surface area (Å²) in [5.41, 5.74) is -0.804. The average Bonchev–Trinajstić information content (AvgIpc) is 2.99. The summed E-state index contributed by atoms with van der Waals surface area (Å²) in [6.07, 6.45) is 5.72. The fourth-order valence-corrected chi connectivity index (χ4v) is 2.60. The van der Waals surface area contributed by atoms with E-state index in [0.29, 0.717) is 39.3 Å². The summed E-state index contributed by atoms with van der Waals surface area (Å²) < 4.78 is 13.0. The van der Waals surface area contributed by atoms with Crippen LogP contribution < -0.4 is 5.32 Å². The minimum absolute atomic E-state index is 0.0162. The third-order valence-corrected chi connectivity index (χ3v) is 4.04. The number of aromatic nitrogens is 2. The summed E-state index contributed by atoms with van der Waals surface area (Å²) in [5.74, 6) is -0.120. The van der Waals surface area contributed by atoms with Crippen LogP contribution in [0.3, 0.4) is 0 Å². The minimum atomic E-state index is -0.804. The molecule has 128 valence electrons. The Labute approximate surface area is 135 Å². The number of nitrogens with zero attached hydrogens (tertiary/aromatic N) is 3. The molecular weight excluding hydrogens is 300 g/mol. The number of carbonyl (C=O) groups is 2. The van der Waals surface area contributed by atoms with Gasteiger partial charge in [-0.3, -0.25) is 9.59 Å². The lowest BCUT2D eigenvalue weighted by Gasteiger charge is -2.33. The highest BCUT2D eigenvalue weighted by Crippen LogP contribution is 2.21. The second-order valence-electron chi connectivity index (χ2n) is 5.66. The van der Waals surface area contributed by atoms with Gasteiger partial charge < -0.3 is 24.3 Å². The van der Waals surface area contributed by atoms with Gasteiger partial charge in [-0.25, -0.2) is 4.98 Å². The maximum atomic E-state index is 12.5. The molecule has 0 radical (unpaired) electrons. The van der Waals surface area contributed by atoms with Crippen molar-refractivity contribution in [1.29, 1.82) is 0 Å². The molecule has 23 heavy (non-hydrogen) atoms. The zero-order valence-corrected chi connectivity index (χ0v) is 13.7. The smallest absolute Gasteiger partial charge is 0.224 e. The van der Waals surface area contributed by atoms with Crippen LogP contribution >= 0.6 is 0 Å². The zero-order valence-electron chi connectivity index (χ0n) is 13.7. The van der Waals surface area contributed by atoms with Gasteiger partial charge in [-0.1, -0.05) is 0 Å². The van der Waals surface area contributed by atoms with Crippen LogP contribution in [0, 0.1) is 0 Å². The molecule has 0 spiro atoms. The molecule has 1 N–H and O–H groups in total. The predicted octanol–water partition coefficient (Wildman–Crippen LogP) is -0.347. The van der Waals surface area contributed by atoms with Gasteiger partial charge in [0.2, 0.25) is 11.8 Å². The molecule has 2 heterocycles. The number of amides is 2. The Morgan fingerprint density at radius 1 is 1.48 bits per heavy atom. The quantitative estimate of drug-likeness (QED) is 0.773. The fraction of sp³-hybridized carbons (Fsp3) is 0.667. The highest BCUT2D eigenvalue weighted by Gasteiger charge is 2.38. The zero-order chi connectivity index (χ0) is 16.7. The molecule has 0 saturated carbocycles. The SMILES string of the molecule is CNC(=O)C[C@@]1(OC)COCCN(C(=O)CCn2ccnc2)C1. The van der Waals surface area contributed by atoms with E-state index >= 15 is 0 Å². The van der Waals surface area contributed by atoms with E-state index in [1.54, 1.807) is 31.6 Å². The van der Waals surface area contributed by atoms with Crippen LogP contribution in [0.2, 0.25) is 0 Å². The number of carbonyl (C=O) groups excluding carboxylic acids is 2. The third-order valence-electron chi connectivity index (χ3n) is 4.04. The molecule has 1 aromatic heterocycles. The first-order valence-electron chi connectivity index (χ1n) is 7.65. The van der Waals surface area contributed by atoms with Crippen LogP contribution in [0.4, 0.5) is 0 Å². The van der Waals surface area contributed by atoms with Gasteiger partial charge in [-0.2, -0.15) is 0 Å². The highest BCUT2D eigenvalue weighted by atomic mass is 16.5. The van der Waals surface area contributed by atoms with Gasteiger partial charge >= 0.3 is 0 Å². The molecule has 0 aliphatic carbocycles. The van der Waals surface area contributed by atoms with Crippen molar-refractivity contribution in [3.05, 3.63) is 18.7 Å². The van der Waals surface area contributed by atoms with Crippen LogP contribution in [0.5, 0.6) is 0 Å². The lowest BCUT2D eigenvalue weighted by atomic mass is 9.99. The fourth-order valence-electron chi connectivity index (χ4n) is 2.60. The molecule has 1 aromatic rings. The van der Waals surface area contributed by atoms with Crippen LogP contribution in [0.25, 0.3) is 0 Å². The second kappa shape index (κ2) is 8.07. The van der Waals surface area contributed by atoms with E-state index in [4.69, 9.17) is 9.47 Å². The molecule has 1 atom stereocenters. The van der Waals surface area contributed by atoms with Gasteiger partial charge in [0.05, 0.1) is 32.5 Å². The molecule has 8 nitrogen and oxygen atoms in total. The van der Waals surface area contributed by atoms with Crippen molar-refractivity contribution in [2.75, 3.05) is 40.5 Å². The molecule has 8 heteroatoms. The van der Waals surface area contributed by atoms with Crippen LogP contribution in [-0.4, -0.2) is 72.3 Å². The van der Waals surface area contributed by atoms with E-state index in [1.165, 1.54) is 0 Å². The van der Waals surface area contributed by atoms with Crippen LogP contribution in [0.1, 0.15) is 12.8 Å². The normalized spacial score (nSPS) is 21.7. The van der Waals surface area contributed by atoms with Gasteiger partial charge in [-0.05, 0) is 0 Å². The Hall–Kier alpha value is -1.93. The van der Waals surface area contributed by atoms with E-state index in [9.17, 15) is 9.59 Å². The first kappa shape index (κ1) is 17.4. The van der Waals surface area contributed by atoms with Gasteiger partial charge in [-0.15, -0.1) is 0 Å². The average molecular weight is 324 g/mol. The molecular formula is C15H24N4O4. The Balaban J connectivity index is 1.99. The number of methoxy groups -OCH3 is 1. The lowest BCUT2D eigenvalue weighted by molar-refractivity contribution is -0.140. The van der Waals surface area contributed by atoms with Gasteiger partial charge in [0, 0.05) is 46.1 Å². The standard InChI is InChI=1S/C15H24N4O4/c1-16-13(20)9-15(22-2)10-19(7-8-23-11-15)14(21)3-5-18-6-4-17-12-18/h4,6,12H,3,5,7-11H2,1-2H3,(H,16,20)/t15-/m0/s1. The van der Waals surface area contributed by atoms with E-state index in [2.05, 4.69) is 10.3 Å². The maximum Gasteiger partial charge on any atom is 0.224 e. The largest absolute Gasteiger partial charge is 0.377 e. The molecule has 2 amide bonds. The lowest BCUT2D eigenvalue weighted by Crippen LogP contribution is -2.50. The monoisotopic (exact) mass is 324 g/mol. The second-order valence-corrected chi connectivity index (χ2v) is 5.66. The number of hydrogen-bond donors (Lipinski definition) is 1. The van der Waals surface area contributed by atoms with Crippen molar-refractivity contribution >= 4 is 11.8 Å². The third kappa shape index (κ3) is 4.77. The summed E-state index contributed by atoms with van der Waals surface area (Å²) in [6, 6.07) is 0. The molecule has 1 aliphatic rings. The number of rotatable bonds is 6. The summed E-state index contributed by atoms with van der Waals surface area (Å²) in [5, 5.41) is 2.59. The van der Waals surface area contributed by atoms with Gasteiger partial charge in [0.25, 0.3) is 0 Å². The van der Waals surface area contributed by atoms with E-state index < -0.39 is 5.60 Å². The first-order valence-corrected chi connectivity index (χ1v) is 7.65. The van der Waals surface area contributed by atoms with Crippen LogP contribution in [0.15, 0.2) is 18.7 Å². The van der Waals surface area contributed by atoms with Crippen molar-refractivity contribution in [3.63, 3.8) is 0 Å². The van der Waals surface area contributed by atoms with Crippen molar-refractivity contribution < 1.29 is 19.1 Å². The van der Waals surface area contributed by atoms with E-state index in [-0.39, 0.29) is 18.2 Å². The number of imidazole rings is 1. The van der Waals surface area contributed by atoms with Crippen molar-refractivity contribution in [1.82, 2.24) is 19.8 Å². The van der Waals surface area contributed by atoms with E-state index in [0.717, 1.165) is 0 Å². The minimum Gasteiger partial charge on any atom is -0.377 e. The molecule has 0 aromatic carbocycles. The van der Waals surface area contributed by atoms with Gasteiger partial charge in [0.1, 0.15) is 5.60 Å². The number of nitrogens with one attached hydrogen (secondary N) is 1. The Morgan fingerprint density at radius 2 is 2.30 bits per heavy atom. The van der Waals surface area contributed by atoms with Crippen molar-refractivity contribution in [2.45, 2.75) is 25.0 Å². The number of hydrogen-bond acceptors (Lipinski definition) is 5. The summed E-state index contributed by atoms with van der Waals surface area (Å²) in [6.45, 7) is 2.16. The summed E-state index contributed by atoms with van der Waals surface area (Å²) >= 11 is 0. The van der Waals surface area contributed by atoms with Crippen molar-refractivity contribution in [2.24, 2.45) is 0 Å². The summed E-state index contributed by atoms with van der Waals surface area (Å²) in [7, 11) is 3.13. The molecule has 1 fully saturated rings. The highest BCUT2D eigenvalue weighted by molar-refractivity contribution is 5.78. The first-order chi connectivity index (χ1) is 11.1. The molecule has 0 bridgehead atoms. The van der Waals surface area contributed by atoms with Gasteiger partial charge in [0.15, 0.2) is 0 Å². The van der Waals surface area contributed by atoms with Crippen LogP contribution in [-0.2, 0) is 25.6 Å². The molecule has 2 rings (SSSR count). The molecule has 1 saturated heterocycles. The van der Waals surface area contributed by atoms with E-state index in [1.807, 2.05) is 10.8 Å². The maximum absolute atomic E-state index is 12.5. The predicted molar refractivity (Wildman–Crippen MR) is 82.7 cm³/mol. The summed E-state index contributed by atoms with van der Waals surface area (Å²) in [4.78, 5) is 29.9.